The molecule has 0 bridgehead atoms. The fourth-order valence-electron chi connectivity index (χ4n) is 3.57. The quantitative estimate of drug-likeness (QED) is 0.520. The zero-order valence-electron chi connectivity index (χ0n) is 18.2. The van der Waals surface area contributed by atoms with Crippen molar-refractivity contribution in [1.82, 2.24) is 14.3 Å². The summed E-state index contributed by atoms with van der Waals surface area (Å²) in [6.45, 7) is 0.755. The molecule has 8 nitrogen and oxygen atoms in total. The molecule has 34 heavy (non-hydrogen) atoms. The van der Waals surface area contributed by atoms with Gasteiger partial charge in [0.2, 0.25) is 5.95 Å². The minimum Gasteiger partial charge on any atom is -0.593 e. The van der Waals surface area contributed by atoms with Crippen molar-refractivity contribution < 1.29 is 26.7 Å². The van der Waals surface area contributed by atoms with Crippen molar-refractivity contribution in [3.8, 4) is 5.75 Å². The predicted molar refractivity (Wildman–Crippen MR) is 121 cm³/mol. The molecular weight excluding hydrogens is 471 g/mol. The van der Waals surface area contributed by atoms with E-state index >= 15 is 0 Å². The summed E-state index contributed by atoms with van der Waals surface area (Å²) in [4.78, 5) is 10.2. The number of hydrogen-bond acceptors (Lipinski definition) is 7. The van der Waals surface area contributed by atoms with E-state index in [1.54, 1.807) is 19.4 Å². The molecule has 1 atom stereocenters. The Morgan fingerprint density at radius 1 is 1.06 bits per heavy atom. The second-order valence-corrected chi connectivity index (χ2v) is 9.42. The number of anilines is 3. The van der Waals surface area contributed by atoms with Gasteiger partial charge in [-0.2, -0.15) is 18.2 Å². The highest BCUT2D eigenvalue weighted by molar-refractivity contribution is 7.95. The van der Waals surface area contributed by atoms with Gasteiger partial charge in [-0.15, -0.1) is 4.31 Å². The minimum absolute atomic E-state index is 0.0894. The van der Waals surface area contributed by atoms with Crippen molar-refractivity contribution in [1.29, 1.82) is 0 Å². The average Bonchev–Trinajstić information content (AvgIpc) is 2.84. The maximum Gasteiger partial charge on any atom is 0.416 e. The van der Waals surface area contributed by atoms with Crippen molar-refractivity contribution in [2.45, 2.75) is 11.1 Å². The number of halogens is 3. The molecule has 0 amide bonds. The highest BCUT2D eigenvalue weighted by atomic mass is 32.3. The molecule has 1 N–H and O–H groups in total. The molecule has 1 unspecified atom stereocenters. The van der Waals surface area contributed by atoms with Gasteiger partial charge in [0, 0.05) is 25.4 Å². The van der Waals surface area contributed by atoms with E-state index < -0.39 is 22.1 Å². The van der Waals surface area contributed by atoms with Crippen LogP contribution in [0.3, 0.4) is 0 Å². The van der Waals surface area contributed by atoms with Crippen LogP contribution >= 0.6 is 0 Å². The van der Waals surface area contributed by atoms with Gasteiger partial charge in [0.05, 0.1) is 31.5 Å². The SMILES string of the molecule is COc1ccccc1Nc1ccnc(N2CCN([S+](=O)([O-])c3cccc(C(F)(F)F)c3)CC2)n1. The van der Waals surface area contributed by atoms with Crippen LogP contribution in [0.25, 0.3) is 0 Å². The topological polar surface area (TPSA) is 93.7 Å². The fourth-order valence-corrected chi connectivity index (χ4v) is 5.04. The van der Waals surface area contributed by atoms with Crippen LogP contribution in [0.5, 0.6) is 5.75 Å². The smallest absolute Gasteiger partial charge is 0.416 e. The number of ether oxygens (including phenoxy) is 1. The van der Waals surface area contributed by atoms with E-state index in [9.17, 15) is 21.9 Å². The molecule has 1 fully saturated rings. The molecule has 12 heteroatoms. The van der Waals surface area contributed by atoms with Crippen LogP contribution in [-0.2, 0) is 20.8 Å². The maximum absolute atomic E-state index is 13.0. The van der Waals surface area contributed by atoms with E-state index in [0.717, 1.165) is 17.8 Å². The minimum atomic E-state index is -4.62. The van der Waals surface area contributed by atoms with E-state index in [-0.39, 0.29) is 31.1 Å². The molecular formula is C22H22F3N5O3S. The summed E-state index contributed by atoms with van der Waals surface area (Å²) in [5, 5.41) is 3.17. The number of methoxy groups -OCH3 is 1. The molecule has 3 aromatic rings. The first kappa shape index (κ1) is 23.9. The second kappa shape index (κ2) is 9.57. The number of rotatable bonds is 6. The molecule has 1 aliphatic heterocycles. The van der Waals surface area contributed by atoms with Crippen molar-refractivity contribution in [2.75, 3.05) is 43.5 Å². The van der Waals surface area contributed by atoms with E-state index in [2.05, 4.69) is 15.3 Å². The average molecular weight is 494 g/mol. The highest BCUT2D eigenvalue weighted by Crippen LogP contribution is 2.33. The summed E-state index contributed by atoms with van der Waals surface area (Å²) in [6.07, 6.45) is -3.03. The molecule has 0 saturated carbocycles. The third-order valence-corrected chi connectivity index (χ3v) is 7.23. The Hall–Kier alpha value is -3.22. The zero-order chi connectivity index (χ0) is 24.3. The summed E-state index contributed by atoms with van der Waals surface area (Å²) in [7, 11) is -2.50. The summed E-state index contributed by atoms with van der Waals surface area (Å²) < 4.78 is 71.4. The Bertz CT molecular complexity index is 1200. The Balaban J connectivity index is 1.45. The van der Waals surface area contributed by atoms with E-state index in [0.29, 0.717) is 23.6 Å². The molecule has 1 saturated heterocycles. The molecule has 0 aliphatic carbocycles. The number of benzene rings is 2. The Kier molecular flexibility index (Phi) is 6.73. The van der Waals surface area contributed by atoms with E-state index in [4.69, 9.17) is 4.74 Å². The maximum atomic E-state index is 13.0. The Morgan fingerprint density at radius 2 is 1.79 bits per heavy atom. The van der Waals surface area contributed by atoms with Gasteiger partial charge in [-0.3, -0.25) is 0 Å². The van der Waals surface area contributed by atoms with Gasteiger partial charge < -0.3 is 19.5 Å². The number of para-hydroxylation sites is 2. The number of aromatic nitrogens is 2. The van der Waals surface area contributed by atoms with Crippen molar-refractivity contribution in [3.05, 3.63) is 66.4 Å². The highest BCUT2D eigenvalue weighted by Gasteiger charge is 2.37. The van der Waals surface area contributed by atoms with Gasteiger partial charge in [0.15, 0.2) is 15.3 Å². The van der Waals surface area contributed by atoms with Crippen molar-refractivity contribution in [2.24, 2.45) is 0 Å². The van der Waals surface area contributed by atoms with E-state index in [1.807, 2.05) is 29.2 Å². The van der Waals surface area contributed by atoms with Gasteiger partial charge in [0.25, 0.3) is 0 Å². The van der Waals surface area contributed by atoms with Crippen molar-refractivity contribution >= 4 is 27.9 Å². The molecule has 1 aromatic heterocycles. The van der Waals surface area contributed by atoms with Crippen LogP contribution in [0.1, 0.15) is 5.56 Å². The van der Waals surface area contributed by atoms with Gasteiger partial charge in [-0.05, 0) is 30.3 Å². The lowest BCUT2D eigenvalue weighted by Gasteiger charge is -2.35. The lowest BCUT2D eigenvalue weighted by Crippen LogP contribution is -2.51. The molecule has 0 spiro atoms. The number of hydrogen-bond donors (Lipinski definition) is 1. The van der Waals surface area contributed by atoms with Gasteiger partial charge >= 0.3 is 6.18 Å². The van der Waals surface area contributed by atoms with Gasteiger partial charge in [-0.25, -0.2) is 4.98 Å². The van der Waals surface area contributed by atoms with Crippen LogP contribution in [0, 0.1) is 0 Å². The summed E-state index contributed by atoms with van der Waals surface area (Å²) in [5.74, 6) is 1.60. The second-order valence-electron chi connectivity index (χ2n) is 7.48. The summed E-state index contributed by atoms with van der Waals surface area (Å²) >= 11 is 0. The first-order valence-corrected chi connectivity index (χ1v) is 11.8. The lowest BCUT2D eigenvalue weighted by molar-refractivity contribution is -0.137. The number of nitrogens with one attached hydrogen (secondary N) is 1. The Labute approximate surface area is 195 Å². The summed E-state index contributed by atoms with van der Waals surface area (Å²) in [5.41, 5.74) is -0.272. The standard InChI is InChI=1S/C22H22F3N5O3S/c1-33-19-8-3-2-7-18(19)27-20-9-10-26-21(28-20)29-11-13-30(14-12-29)34(31,32)17-6-4-5-16(15-17)22(23,24)25/h2-10,15H,11-14H2,1H3,(H-,26,27,28,31,32). The van der Waals surface area contributed by atoms with Crippen molar-refractivity contribution in [3.63, 3.8) is 0 Å². The summed E-state index contributed by atoms with van der Waals surface area (Å²) in [6, 6.07) is 12.8. The van der Waals surface area contributed by atoms with Gasteiger partial charge in [-0.1, -0.05) is 22.4 Å². The lowest BCUT2D eigenvalue weighted by atomic mass is 10.2. The normalized spacial score (nSPS) is 16.7. The van der Waals surface area contributed by atoms with Crippen LogP contribution < -0.4 is 15.0 Å². The van der Waals surface area contributed by atoms with Crippen LogP contribution in [0.2, 0.25) is 0 Å². The van der Waals surface area contributed by atoms with E-state index in [1.165, 1.54) is 10.4 Å². The largest absolute Gasteiger partial charge is 0.593 e. The van der Waals surface area contributed by atoms with Crippen LogP contribution in [0.15, 0.2) is 65.7 Å². The monoisotopic (exact) mass is 493 g/mol. The third-order valence-electron chi connectivity index (χ3n) is 5.33. The number of nitrogens with zero attached hydrogens (tertiary/aromatic N) is 4. The number of sulfonamides is 1. The fraction of sp³-hybridized carbons (Fsp3) is 0.273. The zero-order valence-corrected chi connectivity index (χ0v) is 19.0. The van der Waals surface area contributed by atoms with Crippen LogP contribution in [-0.4, -0.2) is 52.1 Å². The Morgan fingerprint density at radius 3 is 2.50 bits per heavy atom. The molecule has 1 aliphatic rings. The third kappa shape index (κ3) is 5.13. The predicted octanol–water partition coefficient (Wildman–Crippen LogP) is 3.97. The molecule has 0 radical (unpaired) electrons. The first-order chi connectivity index (χ1) is 16.2. The van der Waals surface area contributed by atoms with Gasteiger partial charge in [0.1, 0.15) is 11.6 Å². The molecule has 2 aromatic carbocycles. The first-order valence-electron chi connectivity index (χ1n) is 10.3. The molecule has 4 rings (SSSR count). The molecule has 2 heterocycles. The van der Waals surface area contributed by atoms with Crippen LogP contribution in [0.4, 0.5) is 30.6 Å². The number of alkyl halides is 3. The molecule has 180 valence electrons. The number of piperazine rings is 1.